The average molecular weight is 383 g/mol. The molecule has 0 atom stereocenters. The second-order valence-corrected chi connectivity index (χ2v) is 6.42. The number of amides is 1. The van der Waals surface area contributed by atoms with Crippen LogP contribution in [0.15, 0.2) is 52.9 Å². The van der Waals surface area contributed by atoms with Crippen molar-refractivity contribution < 1.29 is 13.9 Å². The van der Waals surface area contributed by atoms with Crippen molar-refractivity contribution in [1.29, 1.82) is 0 Å². The van der Waals surface area contributed by atoms with E-state index in [1.54, 1.807) is 0 Å². The Labute approximate surface area is 162 Å². The minimum Gasteiger partial charge on any atom is -0.484 e. The first-order valence-electron chi connectivity index (χ1n) is 8.69. The van der Waals surface area contributed by atoms with Crippen LogP contribution in [-0.2, 0) is 24.4 Å². The minimum atomic E-state index is -0.227. The number of para-hydroxylation sites is 1. The maximum atomic E-state index is 12.2. The first-order chi connectivity index (χ1) is 13.0. The minimum absolute atomic E-state index is 0.0256. The lowest BCUT2D eigenvalue weighted by Crippen LogP contribution is -2.19. The SMILES string of the molecule is CCc1ccc(NC(=O)Cn2nc(COc3ccccc3C)oc2=S)cc1. The van der Waals surface area contributed by atoms with Crippen molar-refractivity contribution in [3.63, 3.8) is 0 Å². The van der Waals surface area contributed by atoms with Gasteiger partial charge in [0.15, 0.2) is 6.61 Å². The first kappa shape index (κ1) is 18.8. The van der Waals surface area contributed by atoms with Crippen LogP contribution < -0.4 is 10.1 Å². The molecule has 1 heterocycles. The number of aromatic nitrogens is 2. The number of hydrogen-bond donors (Lipinski definition) is 1. The molecule has 2 aromatic carbocycles. The standard InChI is InChI=1S/C20H21N3O3S/c1-3-15-8-10-16(11-9-15)21-18(24)12-23-20(27)26-19(22-23)13-25-17-7-5-4-6-14(17)2/h4-11H,3,12-13H2,1-2H3,(H,21,24). The van der Waals surface area contributed by atoms with Crippen molar-refractivity contribution >= 4 is 23.8 Å². The van der Waals surface area contributed by atoms with E-state index in [2.05, 4.69) is 17.3 Å². The van der Waals surface area contributed by atoms with E-state index < -0.39 is 0 Å². The normalized spacial score (nSPS) is 10.6. The van der Waals surface area contributed by atoms with Crippen molar-refractivity contribution in [2.45, 2.75) is 33.4 Å². The molecule has 140 valence electrons. The van der Waals surface area contributed by atoms with Gasteiger partial charge < -0.3 is 14.5 Å². The van der Waals surface area contributed by atoms with E-state index in [9.17, 15) is 4.79 Å². The van der Waals surface area contributed by atoms with E-state index in [0.717, 1.165) is 23.4 Å². The molecule has 0 fully saturated rings. The number of carbonyl (C=O) groups is 1. The molecule has 0 bridgehead atoms. The highest BCUT2D eigenvalue weighted by molar-refractivity contribution is 7.71. The maximum Gasteiger partial charge on any atom is 0.287 e. The average Bonchev–Trinajstić information content (AvgIpc) is 3.01. The molecule has 1 amide bonds. The molecule has 1 N–H and O–H groups in total. The van der Waals surface area contributed by atoms with Gasteiger partial charge in [-0.25, -0.2) is 4.68 Å². The summed E-state index contributed by atoms with van der Waals surface area (Å²) in [6.07, 6.45) is 0.954. The predicted molar refractivity (Wildman–Crippen MR) is 105 cm³/mol. The fraction of sp³-hybridized carbons (Fsp3) is 0.250. The fourth-order valence-electron chi connectivity index (χ4n) is 2.53. The summed E-state index contributed by atoms with van der Waals surface area (Å²) in [5.41, 5.74) is 2.96. The van der Waals surface area contributed by atoms with Crippen LogP contribution in [0.4, 0.5) is 5.69 Å². The van der Waals surface area contributed by atoms with E-state index in [1.807, 2.05) is 55.5 Å². The van der Waals surface area contributed by atoms with Crippen LogP contribution in [0, 0.1) is 11.8 Å². The fourth-order valence-corrected chi connectivity index (χ4v) is 2.73. The van der Waals surface area contributed by atoms with Crippen molar-refractivity contribution in [2.24, 2.45) is 0 Å². The molecule has 3 aromatic rings. The molecule has 3 rings (SSSR count). The molecule has 6 nitrogen and oxygen atoms in total. The number of hydrogen-bond acceptors (Lipinski definition) is 5. The topological polar surface area (TPSA) is 69.3 Å². The van der Waals surface area contributed by atoms with E-state index in [4.69, 9.17) is 21.4 Å². The van der Waals surface area contributed by atoms with Gasteiger partial charge in [-0.2, -0.15) is 0 Å². The second kappa shape index (κ2) is 8.64. The van der Waals surface area contributed by atoms with Gasteiger partial charge in [0, 0.05) is 5.69 Å². The zero-order chi connectivity index (χ0) is 19.2. The van der Waals surface area contributed by atoms with Crippen LogP contribution in [0.3, 0.4) is 0 Å². The van der Waals surface area contributed by atoms with Gasteiger partial charge in [-0.3, -0.25) is 4.79 Å². The Morgan fingerprint density at radius 1 is 1.22 bits per heavy atom. The van der Waals surface area contributed by atoms with Gasteiger partial charge in [-0.05, 0) is 54.9 Å². The lowest BCUT2D eigenvalue weighted by atomic mass is 10.1. The van der Waals surface area contributed by atoms with E-state index in [-0.39, 0.29) is 23.9 Å². The molecule has 0 spiro atoms. The van der Waals surface area contributed by atoms with Gasteiger partial charge in [-0.15, -0.1) is 5.10 Å². The van der Waals surface area contributed by atoms with Crippen LogP contribution >= 0.6 is 12.2 Å². The largest absolute Gasteiger partial charge is 0.484 e. The summed E-state index contributed by atoms with van der Waals surface area (Å²) in [7, 11) is 0. The Morgan fingerprint density at radius 3 is 2.67 bits per heavy atom. The number of aryl methyl sites for hydroxylation is 2. The highest BCUT2D eigenvalue weighted by Gasteiger charge is 2.11. The van der Waals surface area contributed by atoms with Crippen LogP contribution in [0.25, 0.3) is 0 Å². The van der Waals surface area contributed by atoms with E-state index >= 15 is 0 Å². The third kappa shape index (κ3) is 5.04. The smallest absolute Gasteiger partial charge is 0.287 e. The van der Waals surface area contributed by atoms with Crippen molar-refractivity contribution in [1.82, 2.24) is 9.78 Å². The Balaban J connectivity index is 1.59. The molecule has 0 saturated heterocycles. The summed E-state index contributed by atoms with van der Waals surface area (Å²) < 4.78 is 12.5. The highest BCUT2D eigenvalue weighted by atomic mass is 32.1. The van der Waals surface area contributed by atoms with Gasteiger partial charge >= 0.3 is 0 Å². The third-order valence-electron chi connectivity index (χ3n) is 4.03. The van der Waals surface area contributed by atoms with Crippen LogP contribution in [-0.4, -0.2) is 15.7 Å². The Kier molecular flexibility index (Phi) is 6.03. The quantitative estimate of drug-likeness (QED) is 0.616. The summed E-state index contributed by atoms with van der Waals surface area (Å²) in [5, 5.41) is 7.05. The van der Waals surface area contributed by atoms with E-state index in [0.29, 0.717) is 5.89 Å². The number of carbonyl (C=O) groups excluding carboxylic acids is 1. The summed E-state index contributed by atoms with van der Waals surface area (Å²) in [6.45, 7) is 4.16. The first-order valence-corrected chi connectivity index (χ1v) is 9.10. The summed E-state index contributed by atoms with van der Waals surface area (Å²) in [5.74, 6) is 0.847. The molecule has 27 heavy (non-hydrogen) atoms. The van der Waals surface area contributed by atoms with Gasteiger partial charge in [0.25, 0.3) is 10.7 Å². The van der Waals surface area contributed by atoms with Gasteiger partial charge in [0.2, 0.25) is 5.91 Å². The Bertz CT molecular complexity index is 977. The molecule has 0 aliphatic heterocycles. The zero-order valence-corrected chi connectivity index (χ0v) is 16.1. The number of benzene rings is 2. The lowest BCUT2D eigenvalue weighted by Gasteiger charge is -2.06. The summed E-state index contributed by atoms with van der Waals surface area (Å²) in [4.78, 5) is 12.4. The second-order valence-electron chi connectivity index (χ2n) is 6.07. The molecule has 7 heteroatoms. The van der Waals surface area contributed by atoms with Crippen LogP contribution in [0.5, 0.6) is 5.75 Å². The zero-order valence-electron chi connectivity index (χ0n) is 15.3. The highest BCUT2D eigenvalue weighted by Crippen LogP contribution is 2.17. The Hall–Kier alpha value is -2.93. The number of nitrogens with zero attached hydrogens (tertiary/aromatic N) is 2. The molecule has 0 saturated carbocycles. The Morgan fingerprint density at radius 2 is 1.96 bits per heavy atom. The molecular weight excluding hydrogens is 362 g/mol. The summed E-state index contributed by atoms with van der Waals surface area (Å²) >= 11 is 5.14. The van der Waals surface area contributed by atoms with Crippen molar-refractivity contribution in [3.8, 4) is 5.75 Å². The van der Waals surface area contributed by atoms with Gasteiger partial charge in [0.05, 0.1) is 0 Å². The molecule has 0 unspecified atom stereocenters. The molecule has 0 radical (unpaired) electrons. The molecule has 0 aliphatic carbocycles. The van der Waals surface area contributed by atoms with Gasteiger partial charge in [0.1, 0.15) is 12.3 Å². The third-order valence-corrected chi connectivity index (χ3v) is 4.33. The number of nitrogens with one attached hydrogen (secondary N) is 1. The van der Waals surface area contributed by atoms with Crippen LogP contribution in [0.1, 0.15) is 23.9 Å². The number of ether oxygens (including phenoxy) is 1. The number of anilines is 1. The lowest BCUT2D eigenvalue weighted by molar-refractivity contribution is -0.117. The number of rotatable bonds is 7. The van der Waals surface area contributed by atoms with Crippen LogP contribution in [0.2, 0.25) is 0 Å². The maximum absolute atomic E-state index is 12.2. The van der Waals surface area contributed by atoms with Crippen molar-refractivity contribution in [3.05, 3.63) is 70.4 Å². The van der Waals surface area contributed by atoms with Crippen molar-refractivity contribution in [2.75, 3.05) is 5.32 Å². The summed E-state index contributed by atoms with van der Waals surface area (Å²) in [6, 6.07) is 15.4. The predicted octanol–water partition coefficient (Wildman–Crippen LogP) is 4.29. The molecule has 1 aromatic heterocycles. The monoisotopic (exact) mass is 383 g/mol. The van der Waals surface area contributed by atoms with Gasteiger partial charge in [-0.1, -0.05) is 37.3 Å². The van der Waals surface area contributed by atoms with E-state index in [1.165, 1.54) is 10.2 Å². The molecular formula is C20H21N3O3S. The molecule has 0 aliphatic rings.